The molecule has 1 aromatic rings. The summed E-state index contributed by atoms with van der Waals surface area (Å²) in [4.78, 5) is 3.93. The highest BCUT2D eigenvalue weighted by molar-refractivity contribution is 6.17. The van der Waals surface area contributed by atoms with E-state index in [1.165, 1.54) is 13.3 Å². The standard InChI is InChI=1S/C10H14ClNO3/c1-15-9-3-2-7(6-12-9)10(14)8(13)4-5-11/h2-3,6,8,10,13-14H,4-5H2,1H3. The lowest BCUT2D eigenvalue weighted by molar-refractivity contribution is 0.0167. The zero-order chi connectivity index (χ0) is 11.3. The Kier molecular flexibility index (Phi) is 4.81. The third-order valence-electron chi connectivity index (χ3n) is 2.08. The van der Waals surface area contributed by atoms with Crippen molar-refractivity contribution in [2.24, 2.45) is 0 Å². The van der Waals surface area contributed by atoms with Gasteiger partial charge in [0.15, 0.2) is 0 Å². The number of alkyl halides is 1. The predicted molar refractivity (Wildman–Crippen MR) is 57.1 cm³/mol. The number of aliphatic hydroxyl groups excluding tert-OH is 2. The Bertz CT molecular complexity index is 291. The fourth-order valence-electron chi connectivity index (χ4n) is 1.18. The van der Waals surface area contributed by atoms with Crippen LogP contribution in [-0.4, -0.2) is 34.3 Å². The lowest BCUT2D eigenvalue weighted by Gasteiger charge is -2.16. The molecule has 84 valence electrons. The van der Waals surface area contributed by atoms with Gasteiger partial charge in [0, 0.05) is 23.7 Å². The van der Waals surface area contributed by atoms with Gasteiger partial charge in [0.1, 0.15) is 6.10 Å². The number of pyridine rings is 1. The van der Waals surface area contributed by atoms with E-state index in [1.807, 2.05) is 0 Å². The third kappa shape index (κ3) is 3.34. The van der Waals surface area contributed by atoms with Gasteiger partial charge < -0.3 is 14.9 Å². The van der Waals surface area contributed by atoms with Crippen molar-refractivity contribution in [3.8, 4) is 5.88 Å². The van der Waals surface area contributed by atoms with Crippen molar-refractivity contribution in [2.75, 3.05) is 13.0 Å². The Morgan fingerprint density at radius 2 is 2.20 bits per heavy atom. The van der Waals surface area contributed by atoms with Crippen molar-refractivity contribution in [3.63, 3.8) is 0 Å². The topological polar surface area (TPSA) is 62.6 Å². The summed E-state index contributed by atoms with van der Waals surface area (Å²) < 4.78 is 4.88. The van der Waals surface area contributed by atoms with Gasteiger partial charge in [0.2, 0.25) is 5.88 Å². The van der Waals surface area contributed by atoms with Gasteiger partial charge in [-0.2, -0.15) is 0 Å². The van der Waals surface area contributed by atoms with Gasteiger partial charge in [-0.1, -0.05) is 0 Å². The lowest BCUT2D eigenvalue weighted by Crippen LogP contribution is -2.18. The van der Waals surface area contributed by atoms with E-state index in [0.717, 1.165) is 0 Å². The molecule has 0 amide bonds. The number of ether oxygens (including phenoxy) is 1. The number of nitrogens with zero attached hydrogens (tertiary/aromatic N) is 1. The first kappa shape index (κ1) is 12.2. The van der Waals surface area contributed by atoms with Crippen LogP contribution in [-0.2, 0) is 0 Å². The summed E-state index contributed by atoms with van der Waals surface area (Å²) in [6.07, 6.45) is -0.00440. The van der Waals surface area contributed by atoms with E-state index in [9.17, 15) is 10.2 Å². The maximum absolute atomic E-state index is 9.69. The van der Waals surface area contributed by atoms with E-state index in [4.69, 9.17) is 16.3 Å². The molecule has 0 saturated carbocycles. The molecule has 5 heteroatoms. The number of rotatable bonds is 5. The molecule has 0 aliphatic heterocycles. The summed E-state index contributed by atoms with van der Waals surface area (Å²) in [7, 11) is 1.51. The van der Waals surface area contributed by atoms with E-state index in [1.54, 1.807) is 12.1 Å². The molecular weight excluding hydrogens is 218 g/mol. The van der Waals surface area contributed by atoms with Crippen molar-refractivity contribution in [1.29, 1.82) is 0 Å². The van der Waals surface area contributed by atoms with Crippen LogP contribution in [0, 0.1) is 0 Å². The van der Waals surface area contributed by atoms with Gasteiger partial charge in [0.05, 0.1) is 13.2 Å². The van der Waals surface area contributed by atoms with Crippen LogP contribution in [0.4, 0.5) is 0 Å². The monoisotopic (exact) mass is 231 g/mol. The van der Waals surface area contributed by atoms with Crippen LogP contribution in [0.25, 0.3) is 0 Å². The summed E-state index contributed by atoms with van der Waals surface area (Å²) in [6.45, 7) is 0. The Balaban J connectivity index is 2.69. The van der Waals surface area contributed by atoms with Crippen LogP contribution in [0.2, 0.25) is 0 Å². The quantitative estimate of drug-likeness (QED) is 0.746. The SMILES string of the molecule is COc1ccc(C(O)C(O)CCCl)cn1. The summed E-state index contributed by atoms with van der Waals surface area (Å²) in [5, 5.41) is 19.2. The van der Waals surface area contributed by atoms with Crippen molar-refractivity contribution in [2.45, 2.75) is 18.6 Å². The fraction of sp³-hybridized carbons (Fsp3) is 0.500. The molecule has 0 bridgehead atoms. The van der Waals surface area contributed by atoms with Crippen molar-refractivity contribution in [3.05, 3.63) is 23.9 Å². The minimum atomic E-state index is -0.956. The minimum Gasteiger partial charge on any atom is -0.481 e. The molecular formula is C10H14ClNO3. The maximum atomic E-state index is 9.69. The Morgan fingerprint density at radius 1 is 1.47 bits per heavy atom. The molecule has 4 nitrogen and oxygen atoms in total. The summed E-state index contributed by atoms with van der Waals surface area (Å²) in [5.74, 6) is 0.778. The van der Waals surface area contributed by atoms with E-state index in [2.05, 4.69) is 4.98 Å². The predicted octanol–water partition coefficient (Wildman–Crippen LogP) is 1.11. The van der Waals surface area contributed by atoms with Gasteiger partial charge >= 0.3 is 0 Å². The zero-order valence-electron chi connectivity index (χ0n) is 8.43. The number of aromatic nitrogens is 1. The molecule has 0 aliphatic carbocycles. The molecule has 2 N–H and O–H groups in total. The Morgan fingerprint density at radius 3 is 2.67 bits per heavy atom. The second-order valence-electron chi connectivity index (χ2n) is 3.12. The third-order valence-corrected chi connectivity index (χ3v) is 2.30. The van der Waals surface area contributed by atoms with Gasteiger partial charge in [-0.05, 0) is 12.5 Å². The molecule has 0 fully saturated rings. The zero-order valence-corrected chi connectivity index (χ0v) is 9.18. The molecule has 0 spiro atoms. The van der Waals surface area contributed by atoms with E-state index in [-0.39, 0.29) is 0 Å². The van der Waals surface area contributed by atoms with Crippen LogP contribution in [0.5, 0.6) is 5.88 Å². The first-order valence-corrected chi connectivity index (χ1v) is 5.14. The maximum Gasteiger partial charge on any atom is 0.212 e. The highest BCUT2D eigenvalue weighted by Gasteiger charge is 2.17. The number of halogens is 1. The van der Waals surface area contributed by atoms with Crippen molar-refractivity contribution in [1.82, 2.24) is 4.98 Å². The van der Waals surface area contributed by atoms with E-state index < -0.39 is 12.2 Å². The van der Waals surface area contributed by atoms with Gasteiger partial charge in [-0.3, -0.25) is 0 Å². The highest BCUT2D eigenvalue weighted by Crippen LogP contribution is 2.19. The number of hydrogen-bond acceptors (Lipinski definition) is 4. The fourth-order valence-corrected chi connectivity index (χ4v) is 1.40. The number of methoxy groups -OCH3 is 1. The molecule has 1 heterocycles. The highest BCUT2D eigenvalue weighted by atomic mass is 35.5. The second kappa shape index (κ2) is 5.90. The van der Waals surface area contributed by atoms with Gasteiger partial charge in [-0.15, -0.1) is 11.6 Å². The first-order valence-electron chi connectivity index (χ1n) is 4.61. The second-order valence-corrected chi connectivity index (χ2v) is 3.50. The van der Waals surface area contributed by atoms with Crippen LogP contribution in [0.3, 0.4) is 0 Å². The molecule has 2 atom stereocenters. The molecule has 0 aromatic carbocycles. The number of aliphatic hydroxyl groups is 2. The van der Waals surface area contributed by atoms with Crippen molar-refractivity contribution < 1.29 is 14.9 Å². The van der Waals surface area contributed by atoms with E-state index >= 15 is 0 Å². The molecule has 1 aromatic heterocycles. The summed E-state index contributed by atoms with van der Waals surface area (Å²) >= 11 is 5.47. The van der Waals surface area contributed by atoms with Crippen LogP contribution in [0.15, 0.2) is 18.3 Å². The van der Waals surface area contributed by atoms with Crippen LogP contribution >= 0.6 is 11.6 Å². The smallest absolute Gasteiger partial charge is 0.212 e. The van der Waals surface area contributed by atoms with E-state index in [0.29, 0.717) is 23.7 Å². The first-order chi connectivity index (χ1) is 7.19. The number of hydrogen-bond donors (Lipinski definition) is 2. The van der Waals surface area contributed by atoms with Gasteiger partial charge in [-0.25, -0.2) is 4.98 Å². The van der Waals surface area contributed by atoms with Crippen molar-refractivity contribution >= 4 is 11.6 Å². The molecule has 1 rings (SSSR count). The summed E-state index contributed by atoms with van der Waals surface area (Å²) in [5.41, 5.74) is 0.549. The normalized spacial score (nSPS) is 14.7. The average molecular weight is 232 g/mol. The van der Waals surface area contributed by atoms with Crippen LogP contribution < -0.4 is 4.74 Å². The molecule has 0 radical (unpaired) electrons. The summed E-state index contributed by atoms with van der Waals surface area (Å²) in [6, 6.07) is 3.29. The largest absolute Gasteiger partial charge is 0.481 e. The van der Waals surface area contributed by atoms with Crippen LogP contribution in [0.1, 0.15) is 18.1 Å². The average Bonchev–Trinajstić information content (AvgIpc) is 2.28. The molecule has 0 aliphatic rings. The molecule has 2 unspecified atom stereocenters. The minimum absolute atomic E-state index is 0.307. The lowest BCUT2D eigenvalue weighted by atomic mass is 10.0. The Hall–Kier alpha value is -0.840. The molecule has 15 heavy (non-hydrogen) atoms. The Labute approximate surface area is 93.5 Å². The molecule has 0 saturated heterocycles. The van der Waals surface area contributed by atoms with Gasteiger partial charge in [0.25, 0.3) is 0 Å².